The fourth-order valence-corrected chi connectivity index (χ4v) is 6.02. The molecule has 2 heterocycles. The van der Waals surface area contributed by atoms with Gasteiger partial charge in [0.1, 0.15) is 0 Å². The number of carbonyl (C=O) groups excluding carboxylic acids is 1. The average Bonchev–Trinajstić information content (AvgIpc) is 3.27. The van der Waals surface area contributed by atoms with Crippen LogP contribution in [-0.4, -0.2) is 51.7 Å². The molecule has 5 aliphatic rings. The average molecular weight is 327 g/mol. The Labute approximate surface area is 140 Å². The van der Waals surface area contributed by atoms with E-state index in [0.717, 1.165) is 30.0 Å². The van der Waals surface area contributed by atoms with Gasteiger partial charge in [-0.25, -0.2) is 0 Å². The van der Waals surface area contributed by atoms with Crippen LogP contribution in [0.3, 0.4) is 0 Å². The van der Waals surface area contributed by atoms with Crippen molar-refractivity contribution in [2.45, 2.75) is 55.3 Å². The summed E-state index contributed by atoms with van der Waals surface area (Å²) in [6.07, 6.45) is 3.54. The molecule has 2 bridgehead atoms. The SMILES string of the molecule is O=C1CC[C@@]2(O)[C@H]3Cc4ccc(O)c5c4[C@@]2(CN3CC2CC2)[C@H]1O5. The smallest absolute Gasteiger partial charge is 0.174 e. The van der Waals surface area contributed by atoms with Gasteiger partial charge in [-0.3, -0.25) is 9.69 Å². The van der Waals surface area contributed by atoms with Crippen molar-refractivity contribution in [3.8, 4) is 11.5 Å². The standard InChI is InChI=1S/C19H21NO4/c21-12-4-3-11-7-14-19(23)6-5-13(22)17-18(19,15(11)16(12)24-17)9-20(14)8-10-1-2-10/h3-4,10,14,17,21,23H,1-2,5-9H2/t14-,17+,18+,19-/m1/s1. The van der Waals surface area contributed by atoms with Gasteiger partial charge in [-0.2, -0.15) is 0 Å². The lowest BCUT2D eigenvalue weighted by Gasteiger charge is -2.50. The highest BCUT2D eigenvalue weighted by Gasteiger charge is 2.75. The minimum atomic E-state index is -0.924. The maximum atomic E-state index is 12.7. The van der Waals surface area contributed by atoms with Crippen molar-refractivity contribution >= 4 is 5.78 Å². The fourth-order valence-electron chi connectivity index (χ4n) is 6.02. The van der Waals surface area contributed by atoms with Crippen LogP contribution in [-0.2, 0) is 16.6 Å². The molecule has 1 spiro atoms. The number of benzene rings is 1. The predicted molar refractivity (Wildman–Crippen MR) is 85.2 cm³/mol. The Bertz CT molecular complexity index is 788. The molecule has 5 heteroatoms. The van der Waals surface area contributed by atoms with E-state index < -0.39 is 17.1 Å². The van der Waals surface area contributed by atoms with Gasteiger partial charge in [-0.1, -0.05) is 6.07 Å². The number of likely N-dealkylation sites (tertiary alicyclic amines) is 1. The number of ketones is 1. The van der Waals surface area contributed by atoms with E-state index in [4.69, 9.17) is 4.74 Å². The molecule has 126 valence electrons. The molecular formula is C19H21NO4. The number of hydrogen-bond acceptors (Lipinski definition) is 5. The second-order valence-corrected chi connectivity index (χ2v) is 8.40. The van der Waals surface area contributed by atoms with Crippen molar-refractivity contribution in [2.24, 2.45) is 5.92 Å². The third-order valence-electron chi connectivity index (χ3n) is 7.22. The van der Waals surface area contributed by atoms with Gasteiger partial charge in [0.15, 0.2) is 23.4 Å². The fraction of sp³-hybridized carbons (Fsp3) is 0.632. The van der Waals surface area contributed by atoms with Gasteiger partial charge in [0.25, 0.3) is 0 Å². The third kappa shape index (κ3) is 1.32. The second kappa shape index (κ2) is 3.97. The van der Waals surface area contributed by atoms with E-state index >= 15 is 0 Å². The molecule has 1 saturated heterocycles. The van der Waals surface area contributed by atoms with Crippen molar-refractivity contribution in [1.82, 2.24) is 4.90 Å². The molecule has 2 saturated carbocycles. The molecule has 2 N–H and O–H groups in total. The molecule has 6 rings (SSSR count). The summed E-state index contributed by atoms with van der Waals surface area (Å²) in [5.74, 6) is 1.33. The maximum absolute atomic E-state index is 12.7. The van der Waals surface area contributed by atoms with Gasteiger partial charge >= 0.3 is 0 Å². The van der Waals surface area contributed by atoms with E-state index in [1.165, 1.54) is 12.8 Å². The quantitative estimate of drug-likeness (QED) is 0.852. The van der Waals surface area contributed by atoms with Gasteiger partial charge in [-0.15, -0.1) is 0 Å². The van der Waals surface area contributed by atoms with Crippen molar-refractivity contribution in [2.75, 3.05) is 13.1 Å². The summed E-state index contributed by atoms with van der Waals surface area (Å²) in [5, 5.41) is 22.1. The number of Topliss-reactive ketones (excluding diaryl/α,β-unsaturated/α-hetero) is 1. The highest BCUT2D eigenvalue weighted by Crippen LogP contribution is 2.65. The Morgan fingerprint density at radius 2 is 2.17 bits per heavy atom. The molecule has 2 aliphatic heterocycles. The first-order valence-electron chi connectivity index (χ1n) is 9.06. The Kier molecular flexibility index (Phi) is 2.26. The topological polar surface area (TPSA) is 70.0 Å². The number of aliphatic hydroxyl groups is 1. The minimum Gasteiger partial charge on any atom is -0.504 e. The van der Waals surface area contributed by atoms with Crippen LogP contribution in [0, 0.1) is 5.92 Å². The van der Waals surface area contributed by atoms with Crippen LogP contribution >= 0.6 is 0 Å². The number of rotatable bonds is 2. The van der Waals surface area contributed by atoms with Crippen LogP contribution in [0.5, 0.6) is 11.5 Å². The number of phenolic OH excluding ortho intramolecular Hbond substituents is 1. The van der Waals surface area contributed by atoms with E-state index in [9.17, 15) is 15.0 Å². The molecule has 0 amide bonds. The molecule has 0 radical (unpaired) electrons. The van der Waals surface area contributed by atoms with Crippen molar-refractivity contribution < 1.29 is 19.7 Å². The molecule has 5 nitrogen and oxygen atoms in total. The lowest BCUT2D eigenvalue weighted by molar-refractivity contribution is -0.147. The van der Waals surface area contributed by atoms with Crippen molar-refractivity contribution in [3.05, 3.63) is 23.3 Å². The van der Waals surface area contributed by atoms with Gasteiger partial charge in [-0.05, 0) is 43.2 Å². The first-order chi connectivity index (χ1) is 11.5. The summed E-state index contributed by atoms with van der Waals surface area (Å²) >= 11 is 0. The third-order valence-corrected chi connectivity index (χ3v) is 7.22. The van der Waals surface area contributed by atoms with Gasteiger partial charge < -0.3 is 14.9 Å². The molecule has 4 atom stereocenters. The lowest BCUT2D eigenvalue weighted by atomic mass is 9.54. The predicted octanol–water partition coefficient (Wildman–Crippen LogP) is 1.14. The zero-order valence-electron chi connectivity index (χ0n) is 13.5. The normalized spacial score (nSPS) is 42.1. The first kappa shape index (κ1) is 13.7. The van der Waals surface area contributed by atoms with Crippen molar-refractivity contribution in [3.63, 3.8) is 0 Å². The lowest BCUT2D eigenvalue weighted by Crippen LogP contribution is -2.66. The van der Waals surface area contributed by atoms with Crippen LogP contribution in [0.2, 0.25) is 0 Å². The number of nitrogens with zero attached hydrogens (tertiary/aromatic N) is 1. The molecule has 0 unspecified atom stereocenters. The molecule has 1 aromatic carbocycles. The summed E-state index contributed by atoms with van der Waals surface area (Å²) < 4.78 is 6.01. The molecule has 1 aromatic rings. The van der Waals surface area contributed by atoms with E-state index in [1.807, 2.05) is 6.07 Å². The van der Waals surface area contributed by atoms with Crippen LogP contribution in [0.25, 0.3) is 0 Å². The number of aromatic hydroxyl groups is 1. The van der Waals surface area contributed by atoms with Crippen LogP contribution in [0.15, 0.2) is 12.1 Å². The highest BCUT2D eigenvalue weighted by molar-refractivity contribution is 5.90. The zero-order chi connectivity index (χ0) is 16.3. The molecule has 3 fully saturated rings. The molecule has 0 aromatic heterocycles. The summed E-state index contributed by atoms with van der Waals surface area (Å²) in [6, 6.07) is 3.68. The number of ether oxygens (including phenoxy) is 1. The van der Waals surface area contributed by atoms with Gasteiger partial charge in [0.2, 0.25) is 0 Å². The summed E-state index contributed by atoms with van der Waals surface area (Å²) in [7, 11) is 0. The van der Waals surface area contributed by atoms with Gasteiger partial charge in [0, 0.05) is 31.1 Å². The Morgan fingerprint density at radius 3 is 2.96 bits per heavy atom. The van der Waals surface area contributed by atoms with Crippen LogP contribution < -0.4 is 4.74 Å². The Morgan fingerprint density at radius 1 is 1.33 bits per heavy atom. The number of hydrogen-bond donors (Lipinski definition) is 2. The number of carbonyl (C=O) groups is 1. The van der Waals surface area contributed by atoms with E-state index in [1.54, 1.807) is 6.07 Å². The summed E-state index contributed by atoms with van der Waals surface area (Å²) in [6.45, 7) is 1.68. The Hall–Kier alpha value is -1.59. The number of phenols is 1. The first-order valence-corrected chi connectivity index (χ1v) is 9.06. The van der Waals surface area contributed by atoms with E-state index in [0.29, 0.717) is 25.1 Å². The molecule has 24 heavy (non-hydrogen) atoms. The maximum Gasteiger partial charge on any atom is 0.174 e. The minimum absolute atomic E-state index is 0.0558. The van der Waals surface area contributed by atoms with Crippen LogP contribution in [0.4, 0.5) is 0 Å². The Balaban J connectivity index is 1.61. The summed E-state index contributed by atoms with van der Waals surface area (Å²) in [5.41, 5.74) is 0.432. The monoisotopic (exact) mass is 327 g/mol. The largest absolute Gasteiger partial charge is 0.504 e. The van der Waals surface area contributed by atoms with Gasteiger partial charge in [0.05, 0.1) is 11.0 Å². The highest BCUT2D eigenvalue weighted by atomic mass is 16.5. The zero-order valence-corrected chi connectivity index (χ0v) is 13.5. The molecular weight excluding hydrogens is 306 g/mol. The van der Waals surface area contributed by atoms with Crippen molar-refractivity contribution in [1.29, 1.82) is 0 Å². The summed E-state index contributed by atoms with van der Waals surface area (Å²) in [4.78, 5) is 15.1. The van der Waals surface area contributed by atoms with E-state index in [2.05, 4.69) is 4.90 Å². The van der Waals surface area contributed by atoms with Crippen LogP contribution in [0.1, 0.15) is 36.8 Å². The van der Waals surface area contributed by atoms with E-state index in [-0.39, 0.29) is 17.6 Å². The molecule has 3 aliphatic carbocycles. The second-order valence-electron chi connectivity index (χ2n) is 8.40.